The van der Waals surface area contributed by atoms with Crippen molar-refractivity contribution in [3.8, 4) is 5.75 Å². The lowest BCUT2D eigenvalue weighted by Gasteiger charge is -1.99. The molecule has 0 heterocycles. The third kappa shape index (κ3) is 9.47. The Morgan fingerprint density at radius 3 is 2.00 bits per heavy atom. The van der Waals surface area contributed by atoms with Gasteiger partial charge in [0.15, 0.2) is 0 Å². The van der Waals surface area contributed by atoms with Crippen LogP contribution in [0.2, 0.25) is 0 Å². The molecule has 0 aliphatic rings. The van der Waals surface area contributed by atoms with Crippen molar-refractivity contribution in [3.63, 3.8) is 0 Å². The van der Waals surface area contributed by atoms with Gasteiger partial charge in [-0.2, -0.15) is 0 Å². The van der Waals surface area contributed by atoms with Gasteiger partial charge < -0.3 is 14.5 Å². The summed E-state index contributed by atoms with van der Waals surface area (Å²) < 4.78 is 14.9. The molecule has 0 aliphatic heterocycles. The number of hydrogen-bond donors (Lipinski definition) is 2. The van der Waals surface area contributed by atoms with Crippen LogP contribution >= 0.6 is 7.60 Å². The summed E-state index contributed by atoms with van der Waals surface area (Å²) in [6.07, 6.45) is -0.0625. The van der Waals surface area contributed by atoms with Crippen LogP contribution in [0.3, 0.4) is 0 Å². The average Bonchev–Trinajstić information content (AvgIpc) is 2.20. The van der Waals surface area contributed by atoms with Gasteiger partial charge in [0.25, 0.3) is 0 Å². The summed E-state index contributed by atoms with van der Waals surface area (Å²) in [7, 11) is -3.65. The minimum Gasteiger partial charge on any atom is -0.494 e. The zero-order valence-electron chi connectivity index (χ0n) is 8.96. The van der Waals surface area contributed by atoms with Crippen molar-refractivity contribution < 1.29 is 19.1 Å². The Hall–Kier alpha value is -0.830. The highest BCUT2D eigenvalue weighted by Gasteiger charge is 2.05. The van der Waals surface area contributed by atoms with Gasteiger partial charge >= 0.3 is 7.60 Å². The van der Waals surface area contributed by atoms with Gasteiger partial charge in [-0.05, 0) is 19.1 Å². The van der Waals surface area contributed by atoms with Crippen molar-refractivity contribution in [3.05, 3.63) is 30.3 Å². The van der Waals surface area contributed by atoms with Crippen molar-refractivity contribution in [2.75, 3.05) is 12.8 Å². The first-order valence-corrected chi connectivity index (χ1v) is 6.51. The second-order valence-corrected chi connectivity index (χ2v) is 4.69. The van der Waals surface area contributed by atoms with Gasteiger partial charge in [-0.1, -0.05) is 25.1 Å². The summed E-state index contributed by atoms with van der Waals surface area (Å²) in [6, 6.07) is 9.80. The summed E-state index contributed by atoms with van der Waals surface area (Å²) in [5.74, 6) is 0.944. The predicted molar refractivity (Wildman–Crippen MR) is 60.2 cm³/mol. The fourth-order valence-electron chi connectivity index (χ4n) is 0.683. The third-order valence-electron chi connectivity index (χ3n) is 1.47. The summed E-state index contributed by atoms with van der Waals surface area (Å²) in [5.41, 5.74) is 0. The fourth-order valence-corrected chi connectivity index (χ4v) is 0.683. The van der Waals surface area contributed by atoms with Crippen LogP contribution < -0.4 is 4.74 Å². The van der Waals surface area contributed by atoms with Crippen LogP contribution in [0.4, 0.5) is 0 Å². The number of benzene rings is 1. The maximum atomic E-state index is 9.69. The SMILES string of the molecule is CCOc1ccccc1.CCP(=O)(O)O. The molecule has 0 saturated carbocycles. The molecule has 0 aromatic heterocycles. The van der Waals surface area contributed by atoms with E-state index in [0.717, 1.165) is 12.4 Å². The molecule has 1 aromatic carbocycles. The maximum Gasteiger partial charge on any atom is 0.325 e. The molecule has 0 amide bonds. The normalized spacial score (nSPS) is 10.1. The van der Waals surface area contributed by atoms with Gasteiger partial charge in [-0.3, -0.25) is 4.57 Å². The minimum absolute atomic E-state index is 0.0625. The summed E-state index contributed by atoms with van der Waals surface area (Å²) in [5, 5.41) is 0. The maximum absolute atomic E-state index is 9.69. The van der Waals surface area contributed by atoms with E-state index in [1.54, 1.807) is 0 Å². The Balaban J connectivity index is 0.000000288. The average molecular weight is 232 g/mol. The van der Waals surface area contributed by atoms with Gasteiger partial charge in [0.2, 0.25) is 0 Å². The third-order valence-corrected chi connectivity index (χ3v) is 2.29. The monoisotopic (exact) mass is 232 g/mol. The highest BCUT2D eigenvalue weighted by Crippen LogP contribution is 2.32. The number of rotatable bonds is 3. The van der Waals surface area contributed by atoms with E-state index < -0.39 is 7.60 Å². The van der Waals surface area contributed by atoms with E-state index in [1.807, 2.05) is 37.3 Å². The molecular formula is C10H17O4P. The molecule has 86 valence electrons. The molecule has 0 fully saturated rings. The molecule has 0 aliphatic carbocycles. The van der Waals surface area contributed by atoms with Gasteiger partial charge in [-0.15, -0.1) is 0 Å². The Morgan fingerprint density at radius 1 is 1.20 bits per heavy atom. The van der Waals surface area contributed by atoms with Crippen LogP contribution in [0, 0.1) is 0 Å². The van der Waals surface area contributed by atoms with Gasteiger partial charge in [0.1, 0.15) is 5.75 Å². The van der Waals surface area contributed by atoms with Gasteiger partial charge in [0.05, 0.1) is 6.61 Å². The largest absolute Gasteiger partial charge is 0.494 e. The summed E-state index contributed by atoms with van der Waals surface area (Å²) in [6.45, 7) is 4.16. The Labute approximate surface area is 90.1 Å². The van der Waals surface area contributed by atoms with Crippen molar-refractivity contribution in [1.29, 1.82) is 0 Å². The molecular weight excluding hydrogens is 215 g/mol. The van der Waals surface area contributed by atoms with Crippen LogP contribution in [-0.2, 0) is 4.57 Å². The second-order valence-electron chi connectivity index (χ2n) is 2.73. The highest BCUT2D eigenvalue weighted by molar-refractivity contribution is 7.51. The van der Waals surface area contributed by atoms with Crippen molar-refractivity contribution in [2.24, 2.45) is 0 Å². The fraction of sp³-hybridized carbons (Fsp3) is 0.400. The molecule has 1 aromatic rings. The van der Waals surface area contributed by atoms with Crippen LogP contribution in [-0.4, -0.2) is 22.6 Å². The van der Waals surface area contributed by atoms with Crippen LogP contribution in [0.1, 0.15) is 13.8 Å². The number of ether oxygens (including phenoxy) is 1. The van der Waals surface area contributed by atoms with Crippen LogP contribution in [0.5, 0.6) is 5.75 Å². The lowest BCUT2D eigenvalue weighted by molar-refractivity contribution is 0.340. The smallest absolute Gasteiger partial charge is 0.325 e. The molecule has 0 bridgehead atoms. The van der Waals surface area contributed by atoms with Crippen molar-refractivity contribution >= 4 is 7.60 Å². The lowest BCUT2D eigenvalue weighted by Crippen LogP contribution is -1.89. The Kier molecular flexibility index (Phi) is 7.05. The summed E-state index contributed by atoms with van der Waals surface area (Å²) in [4.78, 5) is 15.9. The van der Waals surface area contributed by atoms with E-state index in [-0.39, 0.29) is 6.16 Å². The number of hydrogen-bond acceptors (Lipinski definition) is 2. The van der Waals surface area contributed by atoms with Crippen LogP contribution in [0.25, 0.3) is 0 Å². The van der Waals surface area contributed by atoms with E-state index in [4.69, 9.17) is 14.5 Å². The zero-order chi connectivity index (χ0) is 11.7. The zero-order valence-corrected chi connectivity index (χ0v) is 9.85. The molecule has 0 radical (unpaired) electrons. The highest BCUT2D eigenvalue weighted by atomic mass is 31.2. The standard InChI is InChI=1S/C8H10O.C2H7O3P/c1-2-9-8-6-4-3-5-7-8;1-2-6(3,4)5/h3-7H,2H2,1H3;2H2,1H3,(H2,3,4,5). The minimum atomic E-state index is -3.65. The molecule has 0 spiro atoms. The molecule has 0 unspecified atom stereocenters. The first kappa shape index (κ1) is 14.2. The number of para-hydroxylation sites is 1. The quantitative estimate of drug-likeness (QED) is 0.784. The molecule has 2 N–H and O–H groups in total. The van der Waals surface area contributed by atoms with E-state index >= 15 is 0 Å². The van der Waals surface area contributed by atoms with Crippen LogP contribution in [0.15, 0.2) is 30.3 Å². The molecule has 1 rings (SSSR count). The van der Waals surface area contributed by atoms with E-state index in [2.05, 4.69) is 0 Å². The van der Waals surface area contributed by atoms with Crippen molar-refractivity contribution in [1.82, 2.24) is 0 Å². The molecule has 0 saturated heterocycles. The molecule has 5 heteroatoms. The second kappa shape index (κ2) is 7.46. The Morgan fingerprint density at radius 2 is 1.67 bits per heavy atom. The summed E-state index contributed by atoms with van der Waals surface area (Å²) >= 11 is 0. The van der Waals surface area contributed by atoms with E-state index in [9.17, 15) is 4.57 Å². The molecule has 0 atom stereocenters. The topological polar surface area (TPSA) is 66.8 Å². The predicted octanol–water partition coefficient (Wildman–Crippen LogP) is 2.27. The molecule has 15 heavy (non-hydrogen) atoms. The van der Waals surface area contributed by atoms with E-state index in [0.29, 0.717) is 0 Å². The Bertz CT molecular complexity index is 294. The van der Waals surface area contributed by atoms with Crippen molar-refractivity contribution in [2.45, 2.75) is 13.8 Å². The first-order chi connectivity index (χ1) is 6.99. The van der Waals surface area contributed by atoms with Gasteiger partial charge in [-0.25, -0.2) is 0 Å². The van der Waals surface area contributed by atoms with Gasteiger partial charge in [0, 0.05) is 6.16 Å². The first-order valence-electron chi connectivity index (χ1n) is 4.72. The lowest BCUT2D eigenvalue weighted by atomic mass is 10.3. The van der Waals surface area contributed by atoms with E-state index in [1.165, 1.54) is 6.92 Å². The molecule has 4 nitrogen and oxygen atoms in total.